The van der Waals surface area contributed by atoms with Gasteiger partial charge in [0.15, 0.2) is 0 Å². The van der Waals surface area contributed by atoms with Crippen LogP contribution in [0.2, 0.25) is 0 Å². The standard InChI is InChI=1S/C20H24N2O4/c1-4-25-12-13-26-18-11-6-5-10-17(18)19(23)21-16-9-7-8-15(14-16)20(24)22(2)3/h5-11,14H,4,12-13H2,1-3H3,(H,21,23). The summed E-state index contributed by atoms with van der Waals surface area (Å²) in [5.41, 5.74) is 1.48. The van der Waals surface area contributed by atoms with Crippen LogP contribution in [0.15, 0.2) is 48.5 Å². The molecule has 2 amide bonds. The Morgan fingerprint density at radius 1 is 1.04 bits per heavy atom. The highest BCUT2D eigenvalue weighted by atomic mass is 16.5. The number of nitrogens with zero attached hydrogens (tertiary/aromatic N) is 1. The number of anilines is 1. The second-order valence-electron chi connectivity index (χ2n) is 5.78. The highest BCUT2D eigenvalue weighted by molar-refractivity contribution is 6.06. The summed E-state index contributed by atoms with van der Waals surface area (Å²) in [7, 11) is 3.37. The third kappa shape index (κ3) is 5.32. The summed E-state index contributed by atoms with van der Waals surface area (Å²) in [6, 6.07) is 13.9. The fourth-order valence-corrected chi connectivity index (χ4v) is 2.32. The largest absolute Gasteiger partial charge is 0.490 e. The predicted molar refractivity (Wildman–Crippen MR) is 101 cm³/mol. The molecule has 0 aliphatic heterocycles. The van der Waals surface area contributed by atoms with Gasteiger partial charge in [0.25, 0.3) is 11.8 Å². The zero-order chi connectivity index (χ0) is 18.9. The van der Waals surface area contributed by atoms with Gasteiger partial charge in [-0.05, 0) is 37.3 Å². The molecular formula is C20H24N2O4. The Hall–Kier alpha value is -2.86. The van der Waals surface area contributed by atoms with Crippen LogP contribution >= 0.6 is 0 Å². The number of para-hydroxylation sites is 1. The Morgan fingerprint density at radius 3 is 2.54 bits per heavy atom. The number of hydrogen-bond acceptors (Lipinski definition) is 4. The van der Waals surface area contributed by atoms with E-state index in [-0.39, 0.29) is 11.8 Å². The van der Waals surface area contributed by atoms with E-state index < -0.39 is 0 Å². The molecule has 0 saturated carbocycles. The minimum absolute atomic E-state index is 0.124. The van der Waals surface area contributed by atoms with E-state index >= 15 is 0 Å². The van der Waals surface area contributed by atoms with Gasteiger partial charge >= 0.3 is 0 Å². The molecule has 0 fully saturated rings. The van der Waals surface area contributed by atoms with Gasteiger partial charge in [-0.1, -0.05) is 18.2 Å². The maximum Gasteiger partial charge on any atom is 0.259 e. The molecule has 0 radical (unpaired) electrons. The first-order chi connectivity index (χ1) is 12.5. The lowest BCUT2D eigenvalue weighted by Gasteiger charge is -2.13. The number of benzene rings is 2. The number of rotatable bonds is 8. The number of carbonyl (C=O) groups excluding carboxylic acids is 2. The number of nitrogens with one attached hydrogen (secondary N) is 1. The average Bonchev–Trinajstić information content (AvgIpc) is 2.65. The Labute approximate surface area is 153 Å². The molecule has 6 nitrogen and oxygen atoms in total. The van der Waals surface area contributed by atoms with Crippen molar-refractivity contribution < 1.29 is 19.1 Å². The van der Waals surface area contributed by atoms with E-state index in [1.807, 2.05) is 13.0 Å². The van der Waals surface area contributed by atoms with E-state index in [0.717, 1.165) is 0 Å². The fourth-order valence-electron chi connectivity index (χ4n) is 2.32. The molecule has 0 heterocycles. The van der Waals surface area contributed by atoms with Gasteiger partial charge in [-0.25, -0.2) is 0 Å². The minimum Gasteiger partial charge on any atom is -0.490 e. The average molecular weight is 356 g/mol. The van der Waals surface area contributed by atoms with Crippen molar-refractivity contribution in [1.82, 2.24) is 4.90 Å². The molecule has 2 aromatic rings. The van der Waals surface area contributed by atoms with Crippen LogP contribution < -0.4 is 10.1 Å². The van der Waals surface area contributed by atoms with Gasteiger partial charge in [0.1, 0.15) is 12.4 Å². The first-order valence-corrected chi connectivity index (χ1v) is 8.45. The Morgan fingerprint density at radius 2 is 1.81 bits per heavy atom. The monoisotopic (exact) mass is 356 g/mol. The van der Waals surface area contributed by atoms with Crippen molar-refractivity contribution in [1.29, 1.82) is 0 Å². The highest BCUT2D eigenvalue weighted by Gasteiger charge is 2.14. The van der Waals surface area contributed by atoms with Crippen molar-refractivity contribution in [2.75, 3.05) is 39.2 Å². The summed E-state index contributed by atoms with van der Waals surface area (Å²) in [5.74, 6) is 0.0671. The molecule has 6 heteroatoms. The lowest BCUT2D eigenvalue weighted by Crippen LogP contribution is -2.22. The predicted octanol–water partition coefficient (Wildman–Crippen LogP) is 3.06. The van der Waals surface area contributed by atoms with Crippen molar-refractivity contribution in [3.63, 3.8) is 0 Å². The third-order valence-corrected chi connectivity index (χ3v) is 3.59. The van der Waals surface area contributed by atoms with E-state index in [4.69, 9.17) is 9.47 Å². The normalized spacial score (nSPS) is 10.3. The molecule has 0 bridgehead atoms. The summed E-state index contributed by atoms with van der Waals surface area (Å²) in [4.78, 5) is 26.2. The zero-order valence-electron chi connectivity index (χ0n) is 15.3. The maximum atomic E-state index is 12.6. The summed E-state index contributed by atoms with van der Waals surface area (Å²) >= 11 is 0. The fraction of sp³-hybridized carbons (Fsp3) is 0.300. The molecular weight excluding hydrogens is 332 g/mol. The summed E-state index contributed by atoms with van der Waals surface area (Å²) < 4.78 is 10.9. The summed E-state index contributed by atoms with van der Waals surface area (Å²) in [6.07, 6.45) is 0. The SMILES string of the molecule is CCOCCOc1ccccc1C(=O)Nc1cccc(C(=O)N(C)C)c1. The van der Waals surface area contributed by atoms with Gasteiger partial charge in [0.05, 0.1) is 12.2 Å². The number of ether oxygens (including phenoxy) is 2. The van der Waals surface area contributed by atoms with Crippen molar-refractivity contribution in [2.24, 2.45) is 0 Å². The maximum absolute atomic E-state index is 12.6. The molecule has 0 aromatic heterocycles. The number of amides is 2. The first kappa shape index (κ1) is 19.5. The molecule has 1 N–H and O–H groups in total. The van der Waals surface area contributed by atoms with Gasteiger partial charge in [0, 0.05) is 32.0 Å². The second kappa shape index (κ2) is 9.58. The third-order valence-electron chi connectivity index (χ3n) is 3.59. The second-order valence-corrected chi connectivity index (χ2v) is 5.78. The Bertz CT molecular complexity index is 759. The Balaban J connectivity index is 2.10. The van der Waals surface area contributed by atoms with Crippen molar-refractivity contribution in [3.8, 4) is 5.75 Å². The molecule has 0 aliphatic carbocycles. The van der Waals surface area contributed by atoms with Crippen LogP contribution in [0.4, 0.5) is 5.69 Å². The first-order valence-electron chi connectivity index (χ1n) is 8.45. The molecule has 0 atom stereocenters. The minimum atomic E-state index is -0.300. The van der Waals surface area contributed by atoms with E-state index in [0.29, 0.717) is 42.4 Å². The van der Waals surface area contributed by atoms with Crippen LogP contribution in [0.1, 0.15) is 27.6 Å². The number of hydrogen-bond donors (Lipinski definition) is 1. The van der Waals surface area contributed by atoms with E-state index in [1.54, 1.807) is 56.6 Å². The van der Waals surface area contributed by atoms with Gasteiger partial charge < -0.3 is 19.7 Å². The lowest BCUT2D eigenvalue weighted by molar-refractivity contribution is 0.0827. The van der Waals surface area contributed by atoms with Crippen molar-refractivity contribution in [3.05, 3.63) is 59.7 Å². The van der Waals surface area contributed by atoms with Crippen molar-refractivity contribution in [2.45, 2.75) is 6.92 Å². The van der Waals surface area contributed by atoms with Crippen LogP contribution in [0.3, 0.4) is 0 Å². The summed E-state index contributed by atoms with van der Waals surface area (Å²) in [6.45, 7) is 3.36. The van der Waals surface area contributed by atoms with Crippen LogP contribution in [0, 0.1) is 0 Å². The smallest absolute Gasteiger partial charge is 0.259 e. The van der Waals surface area contributed by atoms with Crippen LogP contribution in [0.5, 0.6) is 5.75 Å². The topological polar surface area (TPSA) is 67.9 Å². The van der Waals surface area contributed by atoms with Gasteiger partial charge in [0.2, 0.25) is 0 Å². The van der Waals surface area contributed by atoms with Gasteiger partial charge in [-0.3, -0.25) is 9.59 Å². The van der Waals surface area contributed by atoms with Gasteiger partial charge in [-0.2, -0.15) is 0 Å². The van der Waals surface area contributed by atoms with E-state index in [9.17, 15) is 9.59 Å². The molecule has 2 rings (SSSR count). The van der Waals surface area contributed by atoms with E-state index in [2.05, 4.69) is 5.32 Å². The van der Waals surface area contributed by atoms with Crippen LogP contribution in [0.25, 0.3) is 0 Å². The molecule has 2 aromatic carbocycles. The summed E-state index contributed by atoms with van der Waals surface area (Å²) in [5, 5.41) is 2.81. The van der Waals surface area contributed by atoms with Crippen LogP contribution in [-0.4, -0.2) is 50.6 Å². The van der Waals surface area contributed by atoms with E-state index in [1.165, 1.54) is 4.90 Å². The van der Waals surface area contributed by atoms with Crippen LogP contribution in [-0.2, 0) is 4.74 Å². The molecule has 0 spiro atoms. The van der Waals surface area contributed by atoms with Crippen molar-refractivity contribution >= 4 is 17.5 Å². The van der Waals surface area contributed by atoms with Gasteiger partial charge in [-0.15, -0.1) is 0 Å². The lowest BCUT2D eigenvalue weighted by atomic mass is 10.1. The zero-order valence-corrected chi connectivity index (χ0v) is 15.3. The molecule has 0 aliphatic rings. The highest BCUT2D eigenvalue weighted by Crippen LogP contribution is 2.20. The number of carbonyl (C=O) groups is 2. The molecule has 0 saturated heterocycles. The molecule has 138 valence electrons. The molecule has 26 heavy (non-hydrogen) atoms. The quantitative estimate of drug-likeness (QED) is 0.738. The Kier molecular flexibility index (Phi) is 7.17. The molecule has 0 unspecified atom stereocenters.